The standard InChI is InChI=1S/C26H32N8S4/c1-31(2)23-9-5-21(6-10-23)27-29-25-33(13-17-35-25)15-19-37-38-20-16-34-14-18-36-26(34)30-28-22-7-11-24(12-8-22)32(3)4/h5-14,17-18H,15-16,19-20H2,1-4H3/q+2. The van der Waals surface area contributed by atoms with Crippen LogP contribution in [0.1, 0.15) is 0 Å². The van der Waals surface area contributed by atoms with Crippen molar-refractivity contribution in [3.05, 3.63) is 71.7 Å². The topological polar surface area (TPSA) is 63.7 Å². The van der Waals surface area contributed by atoms with Crippen LogP contribution in [0, 0.1) is 0 Å². The average molecular weight is 585 g/mol. The van der Waals surface area contributed by atoms with Gasteiger partial charge in [0.2, 0.25) is 0 Å². The van der Waals surface area contributed by atoms with E-state index in [1.165, 1.54) is 0 Å². The summed E-state index contributed by atoms with van der Waals surface area (Å²) in [6.07, 6.45) is 4.15. The highest BCUT2D eigenvalue weighted by Gasteiger charge is 2.14. The van der Waals surface area contributed by atoms with Gasteiger partial charge in [-0.3, -0.25) is 0 Å². The van der Waals surface area contributed by atoms with Crippen LogP contribution in [0.5, 0.6) is 0 Å². The maximum absolute atomic E-state index is 4.47. The van der Waals surface area contributed by atoms with Gasteiger partial charge in [0.1, 0.15) is 36.9 Å². The Morgan fingerprint density at radius 1 is 0.605 bits per heavy atom. The molecule has 0 saturated carbocycles. The summed E-state index contributed by atoms with van der Waals surface area (Å²) in [5, 5.41) is 23.7. The third kappa shape index (κ3) is 8.35. The van der Waals surface area contributed by atoms with Crippen LogP contribution >= 0.6 is 44.3 Å². The predicted octanol–water partition coefficient (Wildman–Crippen LogP) is 7.43. The molecule has 0 N–H and O–H groups in total. The van der Waals surface area contributed by atoms with Crippen molar-refractivity contribution in [2.24, 2.45) is 20.5 Å². The monoisotopic (exact) mass is 584 g/mol. The molecule has 0 aliphatic heterocycles. The molecule has 0 aliphatic rings. The number of hydrogen-bond donors (Lipinski definition) is 0. The second-order valence-corrected chi connectivity index (χ2v) is 13.1. The molecule has 0 fully saturated rings. The molecule has 2 aromatic heterocycles. The maximum Gasteiger partial charge on any atom is 0.408 e. The van der Waals surface area contributed by atoms with Crippen molar-refractivity contribution in [1.82, 2.24) is 0 Å². The molecule has 0 saturated heterocycles. The quantitative estimate of drug-likeness (QED) is 0.0710. The van der Waals surface area contributed by atoms with Crippen molar-refractivity contribution in [1.29, 1.82) is 0 Å². The summed E-state index contributed by atoms with van der Waals surface area (Å²) >= 11 is 3.21. The number of anilines is 2. The summed E-state index contributed by atoms with van der Waals surface area (Å²) < 4.78 is 4.32. The van der Waals surface area contributed by atoms with E-state index < -0.39 is 0 Å². The summed E-state index contributed by atoms with van der Waals surface area (Å²) in [7, 11) is 11.9. The van der Waals surface area contributed by atoms with Crippen molar-refractivity contribution in [2.45, 2.75) is 13.1 Å². The van der Waals surface area contributed by atoms with Crippen LogP contribution in [0.15, 0.2) is 92.1 Å². The van der Waals surface area contributed by atoms with Crippen LogP contribution in [0.25, 0.3) is 0 Å². The molecule has 0 atom stereocenters. The van der Waals surface area contributed by atoms with Crippen LogP contribution in [-0.2, 0) is 13.1 Å². The Kier molecular flexibility index (Phi) is 10.7. The lowest BCUT2D eigenvalue weighted by molar-refractivity contribution is -0.675. The Morgan fingerprint density at radius 3 is 1.37 bits per heavy atom. The Bertz CT molecular complexity index is 1220. The Hall–Kier alpha value is -2.80. The number of benzene rings is 2. The van der Waals surface area contributed by atoms with Crippen LogP contribution in [0.2, 0.25) is 0 Å². The van der Waals surface area contributed by atoms with Crippen molar-refractivity contribution in [3.63, 3.8) is 0 Å². The summed E-state index contributed by atoms with van der Waals surface area (Å²) in [5.74, 6) is 1.99. The van der Waals surface area contributed by atoms with E-state index in [1.807, 2.05) is 74.0 Å². The molecule has 0 radical (unpaired) electrons. The minimum atomic E-state index is 0.854. The molecular weight excluding hydrogens is 553 g/mol. The first-order chi connectivity index (χ1) is 18.5. The van der Waals surface area contributed by atoms with E-state index in [0.717, 1.165) is 57.6 Å². The normalized spacial score (nSPS) is 11.6. The van der Waals surface area contributed by atoms with Gasteiger partial charge in [0.25, 0.3) is 0 Å². The van der Waals surface area contributed by atoms with Crippen molar-refractivity contribution in [3.8, 4) is 0 Å². The van der Waals surface area contributed by atoms with Gasteiger partial charge >= 0.3 is 10.3 Å². The number of nitrogens with zero attached hydrogens (tertiary/aromatic N) is 8. The van der Waals surface area contributed by atoms with E-state index in [4.69, 9.17) is 0 Å². The highest BCUT2D eigenvalue weighted by Crippen LogP contribution is 2.25. The van der Waals surface area contributed by atoms with E-state index in [0.29, 0.717) is 0 Å². The third-order valence-corrected chi connectivity index (χ3v) is 9.40. The Morgan fingerprint density at radius 2 is 1.00 bits per heavy atom. The molecule has 4 rings (SSSR count). The number of aromatic nitrogens is 2. The van der Waals surface area contributed by atoms with Gasteiger partial charge < -0.3 is 9.80 Å². The van der Waals surface area contributed by atoms with Gasteiger partial charge in [0.05, 0.1) is 10.2 Å². The summed E-state index contributed by atoms with van der Waals surface area (Å²) in [6.45, 7) is 1.79. The lowest BCUT2D eigenvalue weighted by Gasteiger charge is -2.11. The lowest BCUT2D eigenvalue weighted by Crippen LogP contribution is -2.32. The number of azo groups is 2. The summed E-state index contributed by atoms with van der Waals surface area (Å²) in [5.41, 5.74) is 4.00. The molecule has 2 heterocycles. The maximum atomic E-state index is 4.47. The Balaban J connectivity index is 1.19. The minimum absolute atomic E-state index is 0.854. The van der Waals surface area contributed by atoms with Gasteiger partial charge in [-0.25, -0.2) is 9.13 Å². The second-order valence-electron chi connectivity index (χ2n) is 8.62. The van der Waals surface area contributed by atoms with E-state index in [1.54, 1.807) is 22.7 Å². The largest absolute Gasteiger partial charge is 0.408 e. The van der Waals surface area contributed by atoms with E-state index in [9.17, 15) is 0 Å². The molecule has 4 aromatic rings. The van der Waals surface area contributed by atoms with Crippen molar-refractivity contribution < 1.29 is 9.13 Å². The fourth-order valence-corrected chi connectivity index (χ4v) is 6.66. The molecule has 12 heteroatoms. The van der Waals surface area contributed by atoms with Gasteiger partial charge in [-0.05, 0) is 81.4 Å². The third-order valence-electron chi connectivity index (χ3n) is 5.47. The molecule has 0 spiro atoms. The first-order valence-electron chi connectivity index (χ1n) is 12.1. The zero-order chi connectivity index (χ0) is 26.7. The van der Waals surface area contributed by atoms with E-state index in [2.05, 4.69) is 86.8 Å². The number of thiazole rings is 2. The van der Waals surface area contributed by atoms with E-state index in [-0.39, 0.29) is 0 Å². The minimum Gasteiger partial charge on any atom is -0.378 e. The summed E-state index contributed by atoms with van der Waals surface area (Å²) in [6, 6.07) is 16.2. The molecule has 38 heavy (non-hydrogen) atoms. The number of rotatable bonds is 13. The SMILES string of the molecule is CN(C)c1ccc(N=Nc2scc[n+]2CCSSCC[n+]2ccsc2N=Nc2ccc(N(C)C)cc2)cc1. The molecule has 0 aliphatic carbocycles. The van der Waals surface area contributed by atoms with E-state index >= 15 is 0 Å². The zero-order valence-electron chi connectivity index (χ0n) is 22.0. The molecule has 0 unspecified atom stereocenters. The van der Waals surface area contributed by atoms with Gasteiger partial charge in [-0.1, -0.05) is 21.6 Å². The predicted molar refractivity (Wildman–Crippen MR) is 164 cm³/mol. The first-order valence-corrected chi connectivity index (χ1v) is 16.3. The molecular formula is C26H32N8S4+2. The highest BCUT2D eigenvalue weighted by molar-refractivity contribution is 8.76. The highest BCUT2D eigenvalue weighted by atomic mass is 33.1. The van der Waals surface area contributed by atoms with Gasteiger partial charge in [0, 0.05) is 61.8 Å². The molecule has 0 bridgehead atoms. The number of hydrogen-bond acceptors (Lipinski definition) is 10. The zero-order valence-corrected chi connectivity index (χ0v) is 25.2. The average Bonchev–Trinajstić information content (AvgIpc) is 3.57. The fraction of sp³-hybridized carbons (Fsp3) is 0.308. The first kappa shape index (κ1) is 28.2. The molecule has 0 amide bonds. The van der Waals surface area contributed by atoms with Gasteiger partial charge in [-0.2, -0.15) is 0 Å². The van der Waals surface area contributed by atoms with Gasteiger partial charge in [0.15, 0.2) is 0 Å². The molecule has 198 valence electrons. The van der Waals surface area contributed by atoms with Crippen molar-refractivity contribution >= 4 is 77.3 Å². The Labute approximate surface area is 240 Å². The molecule has 2 aromatic carbocycles. The van der Waals surface area contributed by atoms with Crippen LogP contribution < -0.4 is 18.9 Å². The molecule has 8 nitrogen and oxygen atoms in total. The van der Waals surface area contributed by atoms with Crippen LogP contribution in [0.4, 0.5) is 33.0 Å². The summed E-state index contributed by atoms with van der Waals surface area (Å²) in [4.78, 5) is 4.14. The second kappa shape index (κ2) is 14.4. The smallest absolute Gasteiger partial charge is 0.378 e. The lowest BCUT2D eigenvalue weighted by atomic mass is 10.3. The van der Waals surface area contributed by atoms with Gasteiger partial charge in [-0.15, -0.1) is 0 Å². The fourth-order valence-electron chi connectivity index (χ4n) is 3.32. The van der Waals surface area contributed by atoms with Crippen molar-refractivity contribution in [2.75, 3.05) is 49.5 Å². The van der Waals surface area contributed by atoms with Crippen LogP contribution in [-0.4, -0.2) is 39.7 Å². The number of aryl methyl sites for hydroxylation is 2. The van der Waals surface area contributed by atoms with Crippen LogP contribution in [0.3, 0.4) is 0 Å².